The van der Waals surface area contributed by atoms with Crippen molar-refractivity contribution >= 4 is 21.6 Å². The number of fused-ring (bicyclic) bond motifs is 1. The number of hydrogen-bond donors (Lipinski definition) is 2. The number of hydrogen-bond acceptors (Lipinski definition) is 6. The molecule has 1 atom stereocenters. The summed E-state index contributed by atoms with van der Waals surface area (Å²) >= 11 is 0. The average Bonchev–Trinajstić information content (AvgIpc) is 2.99. The number of carbonyl (C=O) groups is 1. The zero-order valence-corrected chi connectivity index (χ0v) is 17.2. The molecule has 0 saturated carbocycles. The van der Waals surface area contributed by atoms with E-state index < -0.39 is 10.0 Å². The third-order valence-electron chi connectivity index (χ3n) is 4.90. The zero-order valence-electron chi connectivity index (χ0n) is 16.4. The van der Waals surface area contributed by atoms with Crippen molar-refractivity contribution in [1.29, 1.82) is 0 Å². The van der Waals surface area contributed by atoms with E-state index in [0.29, 0.717) is 49.2 Å². The van der Waals surface area contributed by atoms with Crippen molar-refractivity contribution in [2.24, 2.45) is 0 Å². The summed E-state index contributed by atoms with van der Waals surface area (Å²) in [7, 11) is -3.87. The van der Waals surface area contributed by atoms with Crippen molar-refractivity contribution in [3.63, 3.8) is 0 Å². The van der Waals surface area contributed by atoms with Crippen molar-refractivity contribution in [3.8, 4) is 11.5 Å². The lowest BCUT2D eigenvalue weighted by Crippen LogP contribution is -2.40. The van der Waals surface area contributed by atoms with Gasteiger partial charge >= 0.3 is 0 Å². The number of rotatable bonds is 5. The molecule has 1 saturated heterocycles. The molecule has 0 aliphatic carbocycles. The maximum Gasteiger partial charge on any atom is 0.262 e. The van der Waals surface area contributed by atoms with E-state index in [4.69, 9.17) is 14.2 Å². The summed E-state index contributed by atoms with van der Waals surface area (Å²) in [6.45, 7) is 2.19. The van der Waals surface area contributed by atoms with Gasteiger partial charge in [0.1, 0.15) is 0 Å². The van der Waals surface area contributed by atoms with Crippen molar-refractivity contribution in [3.05, 3.63) is 48.0 Å². The minimum Gasteiger partial charge on any atom is -0.490 e. The molecule has 2 aliphatic rings. The molecule has 1 unspecified atom stereocenters. The Hall–Kier alpha value is -2.78. The molecule has 4 rings (SSSR count). The first-order valence-corrected chi connectivity index (χ1v) is 11.4. The highest BCUT2D eigenvalue weighted by Crippen LogP contribution is 2.32. The quantitative estimate of drug-likeness (QED) is 0.753. The molecule has 2 aromatic carbocycles. The normalized spacial score (nSPS) is 18.9. The van der Waals surface area contributed by atoms with Gasteiger partial charge in [-0.05, 0) is 43.2 Å². The van der Waals surface area contributed by atoms with Crippen molar-refractivity contribution in [2.75, 3.05) is 31.1 Å². The smallest absolute Gasteiger partial charge is 0.262 e. The highest BCUT2D eigenvalue weighted by molar-refractivity contribution is 7.92. The third-order valence-corrected chi connectivity index (χ3v) is 6.28. The molecule has 160 valence electrons. The molecule has 2 N–H and O–H groups in total. The first-order chi connectivity index (χ1) is 14.5. The Labute approximate surface area is 175 Å². The minimum absolute atomic E-state index is 0.0339. The van der Waals surface area contributed by atoms with Crippen molar-refractivity contribution in [2.45, 2.75) is 30.2 Å². The molecule has 2 aromatic rings. The van der Waals surface area contributed by atoms with Crippen molar-refractivity contribution < 1.29 is 27.4 Å². The molecular weight excluding hydrogens is 408 g/mol. The van der Waals surface area contributed by atoms with Crippen LogP contribution in [0.3, 0.4) is 0 Å². The van der Waals surface area contributed by atoms with E-state index in [0.717, 1.165) is 19.3 Å². The Bertz CT molecular complexity index is 1020. The van der Waals surface area contributed by atoms with Gasteiger partial charge in [0.05, 0.1) is 30.8 Å². The van der Waals surface area contributed by atoms with E-state index in [1.54, 1.807) is 24.3 Å². The summed E-state index contributed by atoms with van der Waals surface area (Å²) in [6, 6.07) is 10.9. The summed E-state index contributed by atoms with van der Waals surface area (Å²) < 4.78 is 44.7. The zero-order chi connectivity index (χ0) is 21.0. The van der Waals surface area contributed by atoms with Crippen LogP contribution in [0, 0.1) is 0 Å². The van der Waals surface area contributed by atoms with Gasteiger partial charge in [-0.3, -0.25) is 9.52 Å². The maximum atomic E-state index is 12.8. The lowest BCUT2D eigenvalue weighted by Gasteiger charge is -2.23. The molecule has 30 heavy (non-hydrogen) atoms. The number of benzene rings is 2. The van der Waals surface area contributed by atoms with Gasteiger partial charge in [-0.15, -0.1) is 0 Å². The van der Waals surface area contributed by atoms with E-state index in [1.165, 1.54) is 18.2 Å². The Kier molecular flexibility index (Phi) is 6.10. The fourth-order valence-corrected chi connectivity index (χ4v) is 4.44. The second kappa shape index (κ2) is 8.93. The summed E-state index contributed by atoms with van der Waals surface area (Å²) in [5.41, 5.74) is 0.675. The van der Waals surface area contributed by atoms with Gasteiger partial charge in [0.2, 0.25) is 0 Å². The van der Waals surface area contributed by atoms with Crippen LogP contribution in [0.15, 0.2) is 47.4 Å². The Morgan fingerprint density at radius 2 is 1.80 bits per heavy atom. The second-order valence-electron chi connectivity index (χ2n) is 7.23. The lowest BCUT2D eigenvalue weighted by atomic mass is 10.1. The van der Waals surface area contributed by atoms with Crippen LogP contribution in [0.2, 0.25) is 0 Å². The summed E-state index contributed by atoms with van der Waals surface area (Å²) in [5.74, 6) is 0.664. The van der Waals surface area contributed by atoms with Gasteiger partial charge in [0.25, 0.3) is 15.9 Å². The van der Waals surface area contributed by atoms with Crippen LogP contribution in [0.5, 0.6) is 11.5 Å². The summed E-state index contributed by atoms with van der Waals surface area (Å²) in [6.07, 6.45) is 2.50. The van der Waals surface area contributed by atoms with Gasteiger partial charge in [-0.2, -0.15) is 0 Å². The van der Waals surface area contributed by atoms with Gasteiger partial charge in [-0.1, -0.05) is 6.07 Å². The molecule has 1 fully saturated rings. The fraction of sp³-hybridized carbons (Fsp3) is 0.381. The molecule has 2 aliphatic heterocycles. The predicted molar refractivity (Wildman–Crippen MR) is 111 cm³/mol. The van der Waals surface area contributed by atoms with Gasteiger partial charge in [0.15, 0.2) is 11.5 Å². The number of nitrogens with one attached hydrogen (secondary N) is 2. The number of amides is 1. The van der Waals surface area contributed by atoms with E-state index in [9.17, 15) is 13.2 Å². The Morgan fingerprint density at radius 1 is 0.967 bits per heavy atom. The van der Waals surface area contributed by atoms with Gasteiger partial charge in [0, 0.05) is 30.3 Å². The van der Waals surface area contributed by atoms with Crippen LogP contribution in [-0.2, 0) is 14.8 Å². The molecule has 0 bridgehead atoms. The molecule has 0 spiro atoms. The standard InChI is InChI=1S/C21H24N2O6S/c24-21(22-17-6-2-9-27-14-17)15-4-1-5-16(12-15)23-30(25,26)18-7-8-19-20(13-18)29-11-3-10-28-19/h1,4-5,7-8,12-13,17,23H,2-3,6,9-11,14H2,(H,22,24). The van der Waals surface area contributed by atoms with E-state index in [-0.39, 0.29) is 16.8 Å². The summed E-state index contributed by atoms with van der Waals surface area (Å²) in [4.78, 5) is 12.6. The van der Waals surface area contributed by atoms with Crippen LogP contribution in [0.1, 0.15) is 29.6 Å². The lowest BCUT2D eigenvalue weighted by molar-refractivity contribution is 0.0624. The first-order valence-electron chi connectivity index (χ1n) is 9.92. The molecule has 8 nitrogen and oxygen atoms in total. The number of anilines is 1. The number of ether oxygens (including phenoxy) is 3. The van der Waals surface area contributed by atoms with Crippen LogP contribution in [0.25, 0.3) is 0 Å². The highest BCUT2D eigenvalue weighted by Gasteiger charge is 2.20. The largest absolute Gasteiger partial charge is 0.490 e. The monoisotopic (exact) mass is 432 g/mol. The minimum atomic E-state index is -3.87. The molecular formula is C21H24N2O6S. The molecule has 1 amide bonds. The van der Waals surface area contributed by atoms with Crippen LogP contribution >= 0.6 is 0 Å². The van der Waals surface area contributed by atoms with Crippen LogP contribution in [0.4, 0.5) is 5.69 Å². The van der Waals surface area contributed by atoms with E-state index in [1.807, 2.05) is 0 Å². The molecule has 0 radical (unpaired) electrons. The molecule has 0 aromatic heterocycles. The van der Waals surface area contributed by atoms with Crippen LogP contribution < -0.4 is 19.5 Å². The van der Waals surface area contributed by atoms with E-state index in [2.05, 4.69) is 10.0 Å². The highest BCUT2D eigenvalue weighted by atomic mass is 32.2. The number of carbonyl (C=O) groups excluding carboxylic acids is 1. The van der Waals surface area contributed by atoms with E-state index >= 15 is 0 Å². The summed E-state index contributed by atoms with van der Waals surface area (Å²) in [5, 5.41) is 2.93. The van der Waals surface area contributed by atoms with Gasteiger partial charge < -0.3 is 19.5 Å². The maximum absolute atomic E-state index is 12.8. The first kappa shape index (κ1) is 20.5. The Morgan fingerprint density at radius 3 is 2.60 bits per heavy atom. The number of sulfonamides is 1. The topological polar surface area (TPSA) is 103 Å². The van der Waals surface area contributed by atoms with Crippen LogP contribution in [-0.4, -0.2) is 46.8 Å². The Balaban J connectivity index is 1.49. The molecule has 2 heterocycles. The SMILES string of the molecule is O=C(NC1CCCOC1)c1cccc(NS(=O)(=O)c2ccc3c(c2)OCCCO3)c1. The average molecular weight is 432 g/mol. The van der Waals surface area contributed by atoms with Crippen molar-refractivity contribution in [1.82, 2.24) is 5.32 Å². The fourth-order valence-electron chi connectivity index (χ4n) is 3.37. The second-order valence-corrected chi connectivity index (χ2v) is 8.92. The van der Waals surface area contributed by atoms with Gasteiger partial charge in [-0.25, -0.2) is 8.42 Å². The third kappa shape index (κ3) is 4.85. The predicted octanol–water partition coefficient (Wildman–Crippen LogP) is 2.56. The molecule has 9 heteroatoms.